The summed E-state index contributed by atoms with van der Waals surface area (Å²) in [4.78, 5) is 67.0. The number of likely N-dealkylation sites (tertiary alicyclic amines) is 1. The summed E-state index contributed by atoms with van der Waals surface area (Å²) in [6, 6.07) is 4.26. The number of nitrogens with one attached hydrogen (secondary N) is 1. The Labute approximate surface area is 203 Å². The van der Waals surface area contributed by atoms with Crippen LogP contribution in [0.1, 0.15) is 59.2 Å². The number of benzene rings is 1. The second kappa shape index (κ2) is 9.41. The second-order valence-electron chi connectivity index (χ2n) is 10.1. The number of carbonyl (C=O) groups is 5. The van der Waals surface area contributed by atoms with Crippen LogP contribution in [0.2, 0.25) is 0 Å². The van der Waals surface area contributed by atoms with E-state index in [4.69, 9.17) is 5.11 Å². The minimum absolute atomic E-state index is 0.0916. The lowest BCUT2D eigenvalue weighted by Gasteiger charge is -2.33. The number of nitrogens with zero attached hydrogens (tertiary/aromatic N) is 3. The number of piperidine rings is 2. The van der Waals surface area contributed by atoms with Gasteiger partial charge in [0, 0.05) is 39.0 Å². The number of carbonyl (C=O) groups excluding carboxylic acids is 4. The van der Waals surface area contributed by atoms with Crippen LogP contribution >= 0.6 is 0 Å². The molecule has 35 heavy (non-hydrogen) atoms. The number of hydrogen-bond acceptors (Lipinski definition) is 7. The van der Waals surface area contributed by atoms with E-state index in [9.17, 15) is 24.0 Å². The van der Waals surface area contributed by atoms with E-state index in [1.807, 2.05) is 6.07 Å². The summed E-state index contributed by atoms with van der Waals surface area (Å²) in [6.07, 6.45) is 3.35. The van der Waals surface area contributed by atoms with Gasteiger partial charge in [0.2, 0.25) is 11.8 Å². The van der Waals surface area contributed by atoms with Gasteiger partial charge in [-0.1, -0.05) is 6.07 Å². The first-order valence-corrected chi connectivity index (χ1v) is 12.4. The molecule has 1 aromatic rings. The third kappa shape index (κ3) is 4.54. The number of rotatable bonds is 6. The van der Waals surface area contributed by atoms with Crippen molar-refractivity contribution in [3.63, 3.8) is 0 Å². The van der Waals surface area contributed by atoms with Gasteiger partial charge in [0.1, 0.15) is 6.04 Å². The van der Waals surface area contributed by atoms with Crippen molar-refractivity contribution in [1.82, 2.24) is 15.1 Å². The predicted molar refractivity (Wildman–Crippen MR) is 125 cm³/mol. The van der Waals surface area contributed by atoms with Crippen LogP contribution in [0.3, 0.4) is 0 Å². The third-order valence-electron chi connectivity index (χ3n) is 7.66. The lowest BCUT2D eigenvalue weighted by molar-refractivity contribution is -0.139. The van der Waals surface area contributed by atoms with Gasteiger partial charge in [-0.15, -0.1) is 0 Å². The number of amides is 4. The first-order valence-electron chi connectivity index (χ1n) is 12.4. The van der Waals surface area contributed by atoms with E-state index in [-0.39, 0.29) is 25.2 Å². The van der Waals surface area contributed by atoms with Crippen LogP contribution < -0.4 is 10.2 Å². The van der Waals surface area contributed by atoms with Crippen molar-refractivity contribution in [2.45, 2.75) is 44.6 Å². The molecule has 0 radical (unpaired) electrons. The smallest absolute Gasteiger partial charge is 0.303 e. The molecule has 3 fully saturated rings. The Morgan fingerprint density at radius 2 is 1.83 bits per heavy atom. The fourth-order valence-corrected chi connectivity index (χ4v) is 6.06. The maximum absolute atomic E-state index is 13.4. The van der Waals surface area contributed by atoms with Gasteiger partial charge >= 0.3 is 5.97 Å². The minimum atomic E-state index is -0.975. The highest BCUT2D eigenvalue weighted by atomic mass is 16.4. The molecule has 3 saturated heterocycles. The van der Waals surface area contributed by atoms with Crippen LogP contribution in [0.4, 0.5) is 5.69 Å². The minimum Gasteiger partial charge on any atom is -0.481 e. The van der Waals surface area contributed by atoms with Crippen molar-refractivity contribution < 1.29 is 29.1 Å². The highest BCUT2D eigenvalue weighted by Crippen LogP contribution is 2.36. The molecule has 4 heterocycles. The standard InChI is InChI=1S/C25H30N4O6/c30-20-7-6-19(23(33)26-20)29-24(34)17-4-1-5-18(22(17)25(29)35)28-10-8-16(14-28)13-27-9-2-3-15(12-27)11-21(31)32/h1,4-5,15-16,19H,2-3,6-14H2,(H,31,32)(H,26,30,33)/t15-,16?,19?/m0/s1. The Morgan fingerprint density at radius 1 is 1.00 bits per heavy atom. The van der Waals surface area contributed by atoms with Crippen LogP contribution in [0.25, 0.3) is 0 Å². The fourth-order valence-electron chi connectivity index (χ4n) is 6.06. The molecule has 0 saturated carbocycles. The first-order chi connectivity index (χ1) is 16.8. The molecule has 2 unspecified atom stereocenters. The highest BCUT2D eigenvalue weighted by Gasteiger charge is 2.46. The Hall–Kier alpha value is -3.27. The van der Waals surface area contributed by atoms with Crippen LogP contribution in [0.15, 0.2) is 18.2 Å². The van der Waals surface area contributed by atoms with E-state index in [0.717, 1.165) is 56.9 Å². The number of aliphatic carboxylic acids is 1. The maximum atomic E-state index is 13.4. The van der Waals surface area contributed by atoms with Crippen molar-refractivity contribution in [2.24, 2.45) is 11.8 Å². The summed E-state index contributed by atoms with van der Waals surface area (Å²) in [6.45, 7) is 4.17. The van der Waals surface area contributed by atoms with Gasteiger partial charge in [-0.25, -0.2) is 0 Å². The third-order valence-corrected chi connectivity index (χ3v) is 7.66. The van der Waals surface area contributed by atoms with E-state index in [1.165, 1.54) is 0 Å². The molecule has 4 aliphatic heterocycles. The van der Waals surface area contributed by atoms with Gasteiger partial charge in [0.15, 0.2) is 0 Å². The summed E-state index contributed by atoms with van der Waals surface area (Å²) >= 11 is 0. The Morgan fingerprint density at radius 3 is 2.60 bits per heavy atom. The Balaban J connectivity index is 1.28. The SMILES string of the molecule is O=C(O)C[C@@H]1CCCN(CC2CCN(c3cccc4c3C(=O)N(C3CCC(=O)NC3=O)C4=O)C2)C1. The van der Waals surface area contributed by atoms with E-state index in [0.29, 0.717) is 22.7 Å². The fraction of sp³-hybridized carbons (Fsp3) is 0.560. The normalized spacial score (nSPS) is 27.4. The zero-order valence-electron chi connectivity index (χ0n) is 19.6. The topological polar surface area (TPSA) is 127 Å². The molecule has 4 amide bonds. The van der Waals surface area contributed by atoms with Crippen molar-refractivity contribution in [2.75, 3.05) is 37.6 Å². The molecule has 5 rings (SSSR count). The lowest BCUT2D eigenvalue weighted by atomic mass is 9.94. The van der Waals surface area contributed by atoms with Crippen molar-refractivity contribution in [3.05, 3.63) is 29.3 Å². The van der Waals surface area contributed by atoms with Gasteiger partial charge < -0.3 is 14.9 Å². The first kappa shape index (κ1) is 23.5. The predicted octanol–water partition coefficient (Wildman–Crippen LogP) is 1.10. The van der Waals surface area contributed by atoms with Crippen LogP contribution in [0, 0.1) is 11.8 Å². The van der Waals surface area contributed by atoms with E-state index >= 15 is 0 Å². The average molecular weight is 483 g/mol. The lowest BCUT2D eigenvalue weighted by Crippen LogP contribution is -2.54. The number of fused-ring (bicyclic) bond motifs is 1. The quantitative estimate of drug-likeness (QED) is 0.577. The van der Waals surface area contributed by atoms with Crippen molar-refractivity contribution in [1.29, 1.82) is 0 Å². The molecule has 3 atom stereocenters. The summed E-state index contributed by atoms with van der Waals surface area (Å²) < 4.78 is 0. The molecule has 1 aromatic carbocycles. The van der Waals surface area contributed by atoms with E-state index in [1.54, 1.807) is 12.1 Å². The highest BCUT2D eigenvalue weighted by molar-refractivity contribution is 6.25. The van der Waals surface area contributed by atoms with Gasteiger partial charge in [-0.3, -0.25) is 34.2 Å². The van der Waals surface area contributed by atoms with E-state index < -0.39 is 35.6 Å². The number of anilines is 1. The number of carboxylic acids is 1. The maximum Gasteiger partial charge on any atom is 0.303 e. The van der Waals surface area contributed by atoms with Gasteiger partial charge in [-0.05, 0) is 56.2 Å². The second-order valence-corrected chi connectivity index (χ2v) is 10.1. The zero-order chi connectivity index (χ0) is 24.7. The van der Waals surface area contributed by atoms with Crippen LogP contribution in [0.5, 0.6) is 0 Å². The molecule has 0 aromatic heterocycles. The molecule has 0 spiro atoms. The monoisotopic (exact) mass is 482 g/mol. The zero-order valence-corrected chi connectivity index (χ0v) is 19.6. The molecule has 0 aliphatic carbocycles. The summed E-state index contributed by atoms with van der Waals surface area (Å²) in [5, 5.41) is 11.4. The number of carboxylic acid groups (broad SMARTS) is 1. The van der Waals surface area contributed by atoms with E-state index in [2.05, 4.69) is 15.1 Å². The largest absolute Gasteiger partial charge is 0.481 e. The molecule has 10 heteroatoms. The molecular weight excluding hydrogens is 452 g/mol. The Bertz CT molecular complexity index is 1090. The van der Waals surface area contributed by atoms with Crippen LogP contribution in [-0.2, 0) is 14.4 Å². The summed E-state index contributed by atoms with van der Waals surface area (Å²) in [5.74, 6) is -2.14. The van der Waals surface area contributed by atoms with Gasteiger partial charge in [0.25, 0.3) is 11.8 Å². The Kier molecular flexibility index (Phi) is 6.31. The number of hydrogen-bond donors (Lipinski definition) is 2. The molecule has 4 aliphatic rings. The molecule has 186 valence electrons. The van der Waals surface area contributed by atoms with Gasteiger partial charge in [0.05, 0.1) is 16.8 Å². The summed E-state index contributed by atoms with van der Waals surface area (Å²) in [7, 11) is 0. The van der Waals surface area contributed by atoms with Crippen LogP contribution in [-0.4, -0.2) is 83.3 Å². The summed E-state index contributed by atoms with van der Waals surface area (Å²) in [5.41, 5.74) is 1.34. The number of imide groups is 2. The average Bonchev–Trinajstić information content (AvgIpc) is 3.37. The van der Waals surface area contributed by atoms with Gasteiger partial charge in [-0.2, -0.15) is 0 Å². The molecule has 0 bridgehead atoms. The molecular formula is C25H30N4O6. The molecule has 2 N–H and O–H groups in total. The van der Waals surface area contributed by atoms with Crippen molar-refractivity contribution >= 4 is 35.3 Å². The van der Waals surface area contributed by atoms with Crippen molar-refractivity contribution in [3.8, 4) is 0 Å². The molecule has 10 nitrogen and oxygen atoms in total.